The molecule has 0 bridgehead atoms. The molecule has 0 radical (unpaired) electrons. The van der Waals surface area contributed by atoms with Gasteiger partial charge in [-0.2, -0.15) is 0 Å². The summed E-state index contributed by atoms with van der Waals surface area (Å²) in [5.74, 6) is -0.105. The molecule has 0 N–H and O–H groups in total. The number of piperazine rings is 1. The van der Waals surface area contributed by atoms with Gasteiger partial charge in [-0.25, -0.2) is 0 Å². The zero-order valence-corrected chi connectivity index (χ0v) is 13.9. The quantitative estimate of drug-likeness (QED) is 0.842. The van der Waals surface area contributed by atoms with Crippen molar-refractivity contribution < 1.29 is 14.3 Å². The Bertz CT molecular complexity index is 558. The molecule has 22 heavy (non-hydrogen) atoms. The van der Waals surface area contributed by atoms with E-state index in [2.05, 4.69) is 0 Å². The van der Waals surface area contributed by atoms with Crippen molar-refractivity contribution in [3.8, 4) is 0 Å². The predicted octanol–water partition coefficient (Wildman–Crippen LogP) is 2.31. The number of halogens is 2. The normalized spacial score (nSPS) is 15.0. The van der Waals surface area contributed by atoms with Crippen LogP contribution in [0.15, 0.2) is 18.2 Å². The molecule has 0 atom stereocenters. The van der Waals surface area contributed by atoms with Gasteiger partial charge in [-0.1, -0.05) is 23.2 Å². The minimum absolute atomic E-state index is 0.0507. The molecule has 1 fully saturated rings. The van der Waals surface area contributed by atoms with Gasteiger partial charge in [0.25, 0.3) is 5.91 Å². The maximum Gasteiger partial charge on any atom is 0.255 e. The van der Waals surface area contributed by atoms with Gasteiger partial charge in [0.15, 0.2) is 0 Å². The zero-order valence-electron chi connectivity index (χ0n) is 12.3. The molecule has 7 heteroatoms. The molecule has 120 valence electrons. The highest BCUT2D eigenvalue weighted by molar-refractivity contribution is 6.35. The second-order valence-corrected chi connectivity index (χ2v) is 5.88. The Kier molecular flexibility index (Phi) is 6.06. The lowest BCUT2D eigenvalue weighted by molar-refractivity contribution is -0.133. The first-order valence-corrected chi connectivity index (χ1v) is 7.79. The number of hydrogen-bond acceptors (Lipinski definition) is 3. The number of benzene rings is 1. The van der Waals surface area contributed by atoms with Crippen LogP contribution >= 0.6 is 23.2 Å². The third-order valence-electron chi connectivity index (χ3n) is 3.60. The van der Waals surface area contributed by atoms with Crippen LogP contribution in [0.1, 0.15) is 16.8 Å². The molecule has 0 aliphatic carbocycles. The highest BCUT2D eigenvalue weighted by atomic mass is 35.5. The number of carbonyl (C=O) groups excluding carboxylic acids is 2. The lowest BCUT2D eigenvalue weighted by Gasteiger charge is -2.35. The molecule has 0 saturated carbocycles. The largest absolute Gasteiger partial charge is 0.384 e. The zero-order chi connectivity index (χ0) is 16.1. The van der Waals surface area contributed by atoms with Crippen molar-refractivity contribution in [3.05, 3.63) is 33.8 Å². The van der Waals surface area contributed by atoms with Gasteiger partial charge in [-0.3, -0.25) is 9.59 Å². The van der Waals surface area contributed by atoms with Crippen LogP contribution in [0.25, 0.3) is 0 Å². The van der Waals surface area contributed by atoms with Crippen LogP contribution in [0.5, 0.6) is 0 Å². The third-order valence-corrected chi connectivity index (χ3v) is 4.16. The van der Waals surface area contributed by atoms with Gasteiger partial charge in [0, 0.05) is 38.3 Å². The smallest absolute Gasteiger partial charge is 0.255 e. The van der Waals surface area contributed by atoms with Crippen molar-refractivity contribution in [2.45, 2.75) is 6.42 Å². The highest BCUT2D eigenvalue weighted by Crippen LogP contribution is 2.22. The molecule has 1 heterocycles. The SMILES string of the molecule is COCCC(=O)N1CCN(C(=O)c2cc(Cl)ccc2Cl)CC1. The Hall–Kier alpha value is -1.30. The molecule has 0 spiro atoms. The van der Waals surface area contributed by atoms with Crippen molar-refractivity contribution >= 4 is 35.0 Å². The van der Waals surface area contributed by atoms with Gasteiger partial charge in [-0.15, -0.1) is 0 Å². The summed E-state index contributed by atoms with van der Waals surface area (Å²) in [5.41, 5.74) is 0.397. The van der Waals surface area contributed by atoms with Crippen LogP contribution in [0, 0.1) is 0 Å². The van der Waals surface area contributed by atoms with Crippen LogP contribution in [0.2, 0.25) is 10.0 Å². The number of nitrogens with zero attached hydrogens (tertiary/aromatic N) is 2. The Morgan fingerprint density at radius 2 is 1.77 bits per heavy atom. The summed E-state index contributed by atoms with van der Waals surface area (Å²) in [6, 6.07) is 4.83. The maximum atomic E-state index is 12.5. The standard InChI is InChI=1S/C15H18Cl2N2O3/c1-22-9-4-14(20)18-5-7-19(8-6-18)15(21)12-10-11(16)2-3-13(12)17/h2-3,10H,4-9H2,1H3. The van der Waals surface area contributed by atoms with Crippen LogP contribution in [-0.2, 0) is 9.53 Å². The Labute approximate surface area is 139 Å². The van der Waals surface area contributed by atoms with E-state index < -0.39 is 0 Å². The highest BCUT2D eigenvalue weighted by Gasteiger charge is 2.25. The van der Waals surface area contributed by atoms with Crippen molar-refractivity contribution in [3.63, 3.8) is 0 Å². The molecule has 2 amide bonds. The lowest BCUT2D eigenvalue weighted by atomic mass is 10.1. The first-order valence-electron chi connectivity index (χ1n) is 7.04. The third kappa shape index (κ3) is 4.12. The molecule has 0 aromatic heterocycles. The van der Waals surface area contributed by atoms with Crippen molar-refractivity contribution in [2.75, 3.05) is 39.9 Å². The Morgan fingerprint density at radius 1 is 1.14 bits per heavy atom. The van der Waals surface area contributed by atoms with E-state index in [1.165, 1.54) is 0 Å². The predicted molar refractivity (Wildman–Crippen MR) is 85.4 cm³/mol. The van der Waals surface area contributed by atoms with Gasteiger partial charge in [0.2, 0.25) is 5.91 Å². The minimum Gasteiger partial charge on any atom is -0.384 e. The van der Waals surface area contributed by atoms with E-state index in [1.54, 1.807) is 35.1 Å². The molecular weight excluding hydrogens is 327 g/mol. The van der Waals surface area contributed by atoms with E-state index in [0.717, 1.165) is 0 Å². The van der Waals surface area contributed by atoms with E-state index in [1.807, 2.05) is 0 Å². The van der Waals surface area contributed by atoms with E-state index >= 15 is 0 Å². The monoisotopic (exact) mass is 344 g/mol. The number of amides is 2. The van der Waals surface area contributed by atoms with Gasteiger partial charge in [0.1, 0.15) is 0 Å². The topological polar surface area (TPSA) is 49.9 Å². The van der Waals surface area contributed by atoms with Crippen LogP contribution in [0.4, 0.5) is 0 Å². The van der Waals surface area contributed by atoms with Gasteiger partial charge < -0.3 is 14.5 Å². The van der Waals surface area contributed by atoms with E-state index in [-0.39, 0.29) is 11.8 Å². The van der Waals surface area contributed by atoms with E-state index in [4.69, 9.17) is 27.9 Å². The summed E-state index contributed by atoms with van der Waals surface area (Å²) < 4.78 is 4.91. The minimum atomic E-state index is -0.156. The van der Waals surface area contributed by atoms with Gasteiger partial charge in [0.05, 0.1) is 23.6 Å². The lowest BCUT2D eigenvalue weighted by Crippen LogP contribution is -2.50. The molecule has 1 aliphatic rings. The summed E-state index contributed by atoms with van der Waals surface area (Å²) >= 11 is 12.0. The fourth-order valence-corrected chi connectivity index (χ4v) is 2.71. The second kappa shape index (κ2) is 7.81. The summed E-state index contributed by atoms with van der Waals surface area (Å²) in [4.78, 5) is 27.8. The second-order valence-electron chi connectivity index (χ2n) is 5.04. The average Bonchev–Trinajstić information content (AvgIpc) is 2.54. The van der Waals surface area contributed by atoms with Crippen LogP contribution < -0.4 is 0 Å². The first-order chi connectivity index (χ1) is 10.5. The van der Waals surface area contributed by atoms with Crippen LogP contribution in [-0.4, -0.2) is 61.5 Å². The first kappa shape index (κ1) is 17.1. The van der Waals surface area contributed by atoms with Crippen molar-refractivity contribution in [1.82, 2.24) is 9.80 Å². The molecule has 2 rings (SSSR count). The number of methoxy groups -OCH3 is 1. The molecular formula is C15H18Cl2N2O3. The fraction of sp³-hybridized carbons (Fsp3) is 0.467. The molecule has 1 saturated heterocycles. The number of carbonyl (C=O) groups is 2. The van der Waals surface area contributed by atoms with Gasteiger partial charge in [-0.05, 0) is 18.2 Å². The molecule has 1 aromatic carbocycles. The number of ether oxygens (including phenoxy) is 1. The maximum absolute atomic E-state index is 12.5. The summed E-state index contributed by atoms with van der Waals surface area (Å²) in [7, 11) is 1.57. The fourth-order valence-electron chi connectivity index (χ4n) is 2.34. The summed E-state index contributed by atoms with van der Waals surface area (Å²) in [5, 5.41) is 0.856. The molecule has 0 unspecified atom stereocenters. The van der Waals surface area contributed by atoms with Crippen molar-refractivity contribution in [1.29, 1.82) is 0 Å². The van der Waals surface area contributed by atoms with Crippen LogP contribution in [0.3, 0.4) is 0 Å². The summed E-state index contributed by atoms with van der Waals surface area (Å²) in [6.45, 7) is 2.43. The molecule has 1 aliphatic heterocycles. The van der Waals surface area contributed by atoms with Gasteiger partial charge >= 0.3 is 0 Å². The number of rotatable bonds is 4. The van der Waals surface area contributed by atoms with E-state index in [9.17, 15) is 9.59 Å². The number of hydrogen-bond donors (Lipinski definition) is 0. The Morgan fingerprint density at radius 3 is 2.41 bits per heavy atom. The average molecular weight is 345 g/mol. The molecule has 5 nitrogen and oxygen atoms in total. The Balaban J connectivity index is 1.95. The van der Waals surface area contributed by atoms with E-state index in [0.29, 0.717) is 54.8 Å². The molecule has 1 aromatic rings. The van der Waals surface area contributed by atoms with Crippen molar-refractivity contribution in [2.24, 2.45) is 0 Å². The summed E-state index contributed by atoms with van der Waals surface area (Å²) in [6.07, 6.45) is 0.366.